The zero-order valence-electron chi connectivity index (χ0n) is 10.8. The van der Waals surface area contributed by atoms with Crippen molar-refractivity contribution >= 4 is 5.82 Å². The van der Waals surface area contributed by atoms with Crippen molar-refractivity contribution in [2.45, 2.75) is 20.3 Å². The summed E-state index contributed by atoms with van der Waals surface area (Å²) < 4.78 is 18.7. The molecule has 0 aliphatic rings. The molecule has 0 spiro atoms. The van der Waals surface area contributed by atoms with Crippen molar-refractivity contribution in [2.75, 3.05) is 5.43 Å². The van der Waals surface area contributed by atoms with E-state index < -0.39 is 0 Å². The molecular formula is C13H15FN4O. The molecule has 0 bridgehead atoms. The van der Waals surface area contributed by atoms with Crippen LogP contribution in [0.15, 0.2) is 24.3 Å². The van der Waals surface area contributed by atoms with E-state index in [4.69, 9.17) is 10.6 Å². The van der Waals surface area contributed by atoms with Crippen LogP contribution in [0.2, 0.25) is 0 Å². The summed E-state index contributed by atoms with van der Waals surface area (Å²) in [7, 11) is 0. The Morgan fingerprint density at radius 2 is 2.16 bits per heavy atom. The van der Waals surface area contributed by atoms with E-state index >= 15 is 0 Å². The van der Waals surface area contributed by atoms with Gasteiger partial charge in [-0.2, -0.15) is 4.98 Å². The minimum Gasteiger partial charge on any atom is -0.438 e. The first-order valence-electron chi connectivity index (χ1n) is 5.91. The molecule has 0 saturated carbocycles. The van der Waals surface area contributed by atoms with Gasteiger partial charge in [0.15, 0.2) is 0 Å². The molecule has 1 heterocycles. The van der Waals surface area contributed by atoms with Gasteiger partial charge in [-0.15, -0.1) is 0 Å². The second-order valence-corrected chi connectivity index (χ2v) is 3.98. The number of benzene rings is 1. The van der Waals surface area contributed by atoms with Crippen LogP contribution in [0.1, 0.15) is 18.3 Å². The lowest BCUT2D eigenvalue weighted by molar-refractivity contribution is 0.450. The SMILES string of the molecule is CCc1nc(NN)c(C)c(Oc2cccc(F)c2)n1. The first-order valence-corrected chi connectivity index (χ1v) is 5.91. The van der Waals surface area contributed by atoms with Crippen LogP contribution in [0.25, 0.3) is 0 Å². The Hall–Kier alpha value is -2.21. The highest BCUT2D eigenvalue weighted by Gasteiger charge is 2.11. The fourth-order valence-electron chi connectivity index (χ4n) is 1.58. The van der Waals surface area contributed by atoms with Gasteiger partial charge in [-0.1, -0.05) is 13.0 Å². The van der Waals surface area contributed by atoms with E-state index in [0.717, 1.165) is 0 Å². The van der Waals surface area contributed by atoms with Gasteiger partial charge in [-0.25, -0.2) is 15.2 Å². The first-order chi connectivity index (χ1) is 9.13. The number of aryl methyl sites for hydroxylation is 1. The molecule has 0 amide bonds. The highest BCUT2D eigenvalue weighted by molar-refractivity contribution is 5.48. The Kier molecular flexibility index (Phi) is 3.91. The third-order valence-electron chi connectivity index (χ3n) is 2.61. The second kappa shape index (κ2) is 5.62. The van der Waals surface area contributed by atoms with E-state index in [1.807, 2.05) is 6.92 Å². The molecule has 0 saturated heterocycles. The number of nitrogens with zero attached hydrogens (tertiary/aromatic N) is 2. The second-order valence-electron chi connectivity index (χ2n) is 3.98. The average Bonchev–Trinajstić information content (AvgIpc) is 2.41. The molecule has 19 heavy (non-hydrogen) atoms. The fourth-order valence-corrected chi connectivity index (χ4v) is 1.58. The number of aromatic nitrogens is 2. The standard InChI is InChI=1S/C13H15FN4O/c1-3-11-16-12(18-15)8(2)13(17-11)19-10-6-4-5-9(14)7-10/h4-7H,3,15H2,1-2H3,(H,16,17,18). The highest BCUT2D eigenvalue weighted by Crippen LogP contribution is 2.27. The summed E-state index contributed by atoms with van der Waals surface area (Å²) in [6.45, 7) is 3.71. The van der Waals surface area contributed by atoms with E-state index in [9.17, 15) is 4.39 Å². The number of nitrogens with two attached hydrogens (primary N) is 1. The molecular weight excluding hydrogens is 247 g/mol. The zero-order chi connectivity index (χ0) is 13.8. The van der Waals surface area contributed by atoms with Gasteiger partial charge >= 0.3 is 0 Å². The van der Waals surface area contributed by atoms with Crippen LogP contribution in [0.5, 0.6) is 11.6 Å². The Labute approximate surface area is 110 Å². The van der Waals surface area contributed by atoms with Crippen molar-refractivity contribution in [3.8, 4) is 11.6 Å². The van der Waals surface area contributed by atoms with E-state index in [0.29, 0.717) is 35.3 Å². The summed E-state index contributed by atoms with van der Waals surface area (Å²) in [6.07, 6.45) is 0.647. The topological polar surface area (TPSA) is 73.1 Å². The zero-order valence-corrected chi connectivity index (χ0v) is 10.8. The molecule has 100 valence electrons. The molecule has 2 aromatic rings. The summed E-state index contributed by atoms with van der Waals surface area (Å²) in [5.74, 6) is 6.89. The monoisotopic (exact) mass is 262 g/mol. The van der Waals surface area contributed by atoms with Crippen LogP contribution in [0, 0.1) is 12.7 Å². The lowest BCUT2D eigenvalue weighted by atomic mass is 10.3. The van der Waals surface area contributed by atoms with Crippen molar-refractivity contribution < 1.29 is 9.13 Å². The summed E-state index contributed by atoms with van der Waals surface area (Å²) >= 11 is 0. The van der Waals surface area contributed by atoms with Crippen LogP contribution in [-0.4, -0.2) is 9.97 Å². The minimum absolute atomic E-state index is 0.364. The van der Waals surface area contributed by atoms with Crippen LogP contribution in [-0.2, 0) is 6.42 Å². The average molecular weight is 262 g/mol. The van der Waals surface area contributed by atoms with E-state index in [1.165, 1.54) is 12.1 Å². The molecule has 5 nitrogen and oxygen atoms in total. The van der Waals surface area contributed by atoms with Crippen LogP contribution >= 0.6 is 0 Å². The normalized spacial score (nSPS) is 10.3. The number of hydrogen-bond acceptors (Lipinski definition) is 5. The molecule has 6 heteroatoms. The van der Waals surface area contributed by atoms with Crippen LogP contribution in [0.4, 0.5) is 10.2 Å². The summed E-state index contributed by atoms with van der Waals surface area (Å²) in [4.78, 5) is 8.50. The smallest absolute Gasteiger partial charge is 0.227 e. The Bertz CT molecular complexity index is 589. The molecule has 0 aliphatic heterocycles. The third kappa shape index (κ3) is 2.97. The molecule has 0 atom stereocenters. The van der Waals surface area contributed by atoms with Crippen molar-refractivity contribution in [3.05, 3.63) is 41.5 Å². The van der Waals surface area contributed by atoms with Crippen molar-refractivity contribution in [1.29, 1.82) is 0 Å². The largest absolute Gasteiger partial charge is 0.438 e. The number of hydrogen-bond donors (Lipinski definition) is 2. The fraction of sp³-hybridized carbons (Fsp3) is 0.231. The predicted molar refractivity (Wildman–Crippen MR) is 70.4 cm³/mol. The number of rotatable bonds is 4. The number of ether oxygens (including phenoxy) is 1. The Balaban J connectivity index is 2.38. The van der Waals surface area contributed by atoms with Gasteiger partial charge < -0.3 is 10.2 Å². The quantitative estimate of drug-likeness (QED) is 0.654. The molecule has 1 aromatic carbocycles. The molecule has 3 N–H and O–H groups in total. The van der Waals surface area contributed by atoms with Gasteiger partial charge in [-0.05, 0) is 19.1 Å². The van der Waals surface area contributed by atoms with Gasteiger partial charge in [0.1, 0.15) is 23.2 Å². The lowest BCUT2D eigenvalue weighted by Crippen LogP contribution is -2.13. The summed E-state index contributed by atoms with van der Waals surface area (Å²) in [6, 6.07) is 5.88. The summed E-state index contributed by atoms with van der Waals surface area (Å²) in [5, 5.41) is 0. The van der Waals surface area contributed by atoms with Crippen molar-refractivity contribution in [3.63, 3.8) is 0 Å². The van der Waals surface area contributed by atoms with Crippen LogP contribution in [0.3, 0.4) is 0 Å². The number of nitrogens with one attached hydrogen (secondary N) is 1. The maximum absolute atomic E-state index is 13.1. The van der Waals surface area contributed by atoms with Crippen molar-refractivity contribution in [1.82, 2.24) is 9.97 Å². The molecule has 0 fully saturated rings. The lowest BCUT2D eigenvalue weighted by Gasteiger charge is -2.12. The maximum Gasteiger partial charge on any atom is 0.227 e. The third-order valence-corrected chi connectivity index (χ3v) is 2.61. The number of anilines is 1. The summed E-state index contributed by atoms with van der Waals surface area (Å²) in [5.41, 5.74) is 3.17. The first kappa shape index (κ1) is 13.2. The molecule has 1 aromatic heterocycles. The Morgan fingerprint density at radius 1 is 1.37 bits per heavy atom. The number of nitrogen functional groups attached to an aromatic ring is 1. The number of hydrazine groups is 1. The van der Waals surface area contributed by atoms with Gasteiger partial charge in [-0.3, -0.25) is 0 Å². The predicted octanol–water partition coefficient (Wildman–Crippen LogP) is 2.56. The Morgan fingerprint density at radius 3 is 2.79 bits per heavy atom. The maximum atomic E-state index is 13.1. The molecule has 2 rings (SSSR count). The highest BCUT2D eigenvalue weighted by atomic mass is 19.1. The molecule has 0 radical (unpaired) electrons. The van der Waals surface area contributed by atoms with Gasteiger partial charge in [0.25, 0.3) is 0 Å². The molecule has 0 aliphatic carbocycles. The molecule has 0 unspecified atom stereocenters. The van der Waals surface area contributed by atoms with E-state index in [2.05, 4.69) is 15.4 Å². The van der Waals surface area contributed by atoms with Crippen molar-refractivity contribution in [2.24, 2.45) is 5.84 Å². The minimum atomic E-state index is -0.364. The van der Waals surface area contributed by atoms with E-state index in [1.54, 1.807) is 19.1 Å². The number of halogens is 1. The van der Waals surface area contributed by atoms with Gasteiger partial charge in [0.2, 0.25) is 5.88 Å². The van der Waals surface area contributed by atoms with Crippen LogP contribution < -0.4 is 16.0 Å². The van der Waals surface area contributed by atoms with E-state index in [-0.39, 0.29) is 5.82 Å². The van der Waals surface area contributed by atoms with Gasteiger partial charge in [0.05, 0.1) is 5.56 Å². The van der Waals surface area contributed by atoms with Gasteiger partial charge in [0, 0.05) is 12.5 Å².